The van der Waals surface area contributed by atoms with E-state index in [2.05, 4.69) is 47.9 Å². The molecule has 1 aromatic rings. The molecule has 1 heterocycles. The van der Waals surface area contributed by atoms with Crippen LogP contribution in [-0.2, 0) is 0 Å². The first kappa shape index (κ1) is 11.7. The average Bonchev–Trinajstić information content (AvgIpc) is 2.20. The summed E-state index contributed by atoms with van der Waals surface area (Å²) in [5.41, 5.74) is 1.35. The zero-order valence-corrected chi connectivity index (χ0v) is 9.81. The largest absolute Gasteiger partial charge is 0.371 e. The van der Waals surface area contributed by atoms with Crippen LogP contribution in [0.4, 0.5) is 5.69 Å². The number of piperidine rings is 1. The van der Waals surface area contributed by atoms with Gasteiger partial charge >= 0.3 is 0 Å². The Bertz CT molecular complexity index is 257. The first-order chi connectivity index (χ1) is 6.36. The molecular weight excluding hydrogens is 214 g/mol. The highest BCUT2D eigenvalue weighted by atomic mass is 35.5. The summed E-state index contributed by atoms with van der Waals surface area (Å²) in [7, 11) is 0. The SMILES string of the molecule is Cl.SC1CCN(c2ccccc2)CC1. The lowest BCUT2D eigenvalue weighted by Gasteiger charge is -2.31. The molecule has 78 valence electrons. The number of nitrogens with zero attached hydrogens (tertiary/aromatic N) is 1. The average molecular weight is 230 g/mol. The second-order valence-corrected chi connectivity index (χ2v) is 4.28. The zero-order valence-electron chi connectivity index (χ0n) is 8.10. The van der Waals surface area contributed by atoms with Crippen LogP contribution in [0.15, 0.2) is 30.3 Å². The number of hydrogen-bond acceptors (Lipinski definition) is 2. The predicted octanol–water partition coefficient (Wildman–Crippen LogP) is 3.01. The molecule has 1 fully saturated rings. The monoisotopic (exact) mass is 229 g/mol. The minimum Gasteiger partial charge on any atom is -0.371 e. The van der Waals surface area contributed by atoms with E-state index in [1.54, 1.807) is 0 Å². The quantitative estimate of drug-likeness (QED) is 0.725. The molecule has 0 amide bonds. The maximum Gasteiger partial charge on any atom is 0.0366 e. The van der Waals surface area contributed by atoms with Gasteiger partial charge in [0.1, 0.15) is 0 Å². The molecule has 1 aliphatic rings. The lowest BCUT2D eigenvalue weighted by molar-refractivity contribution is 0.593. The van der Waals surface area contributed by atoms with Crippen molar-refractivity contribution in [1.29, 1.82) is 0 Å². The van der Waals surface area contributed by atoms with Crippen LogP contribution in [0.2, 0.25) is 0 Å². The fourth-order valence-electron chi connectivity index (χ4n) is 1.76. The molecule has 0 radical (unpaired) electrons. The molecule has 1 saturated heterocycles. The van der Waals surface area contributed by atoms with Crippen LogP contribution in [0.25, 0.3) is 0 Å². The molecule has 0 aromatic heterocycles. The van der Waals surface area contributed by atoms with Crippen LogP contribution in [0, 0.1) is 0 Å². The van der Waals surface area contributed by atoms with Crippen LogP contribution in [0.5, 0.6) is 0 Å². The molecule has 0 spiro atoms. The standard InChI is InChI=1S/C11H15NS.ClH/c13-11-6-8-12(9-7-11)10-4-2-1-3-5-10;/h1-5,11,13H,6-9H2;1H. The van der Waals surface area contributed by atoms with Gasteiger partial charge in [-0.3, -0.25) is 0 Å². The van der Waals surface area contributed by atoms with Crippen LogP contribution in [0.1, 0.15) is 12.8 Å². The van der Waals surface area contributed by atoms with E-state index in [1.165, 1.54) is 18.5 Å². The van der Waals surface area contributed by atoms with Crippen molar-refractivity contribution >= 4 is 30.7 Å². The van der Waals surface area contributed by atoms with Gasteiger partial charge in [-0.15, -0.1) is 12.4 Å². The minimum atomic E-state index is 0. The van der Waals surface area contributed by atoms with Crippen molar-refractivity contribution in [3.63, 3.8) is 0 Å². The van der Waals surface area contributed by atoms with Gasteiger partial charge in [0.25, 0.3) is 0 Å². The second kappa shape index (κ2) is 5.52. The predicted molar refractivity (Wildman–Crippen MR) is 67.9 cm³/mol. The first-order valence-corrected chi connectivity index (χ1v) is 5.36. The summed E-state index contributed by atoms with van der Waals surface area (Å²) in [5.74, 6) is 0. The Balaban J connectivity index is 0.000000980. The molecule has 3 heteroatoms. The Morgan fingerprint density at radius 3 is 2.21 bits per heavy atom. The van der Waals surface area contributed by atoms with Gasteiger partial charge in [0.15, 0.2) is 0 Å². The third kappa shape index (κ3) is 2.82. The van der Waals surface area contributed by atoms with E-state index in [9.17, 15) is 0 Å². The number of thiol groups is 1. The number of para-hydroxylation sites is 1. The number of benzene rings is 1. The molecule has 1 aromatic carbocycles. The van der Waals surface area contributed by atoms with Gasteiger partial charge < -0.3 is 4.90 Å². The van der Waals surface area contributed by atoms with Crippen molar-refractivity contribution in [2.45, 2.75) is 18.1 Å². The lowest BCUT2D eigenvalue weighted by Crippen LogP contribution is -2.33. The van der Waals surface area contributed by atoms with Crippen molar-refractivity contribution in [1.82, 2.24) is 0 Å². The molecule has 0 unspecified atom stereocenters. The molecule has 14 heavy (non-hydrogen) atoms. The fraction of sp³-hybridized carbons (Fsp3) is 0.455. The van der Waals surface area contributed by atoms with Crippen LogP contribution in [-0.4, -0.2) is 18.3 Å². The summed E-state index contributed by atoms with van der Waals surface area (Å²) in [5, 5.41) is 0.611. The lowest BCUT2D eigenvalue weighted by atomic mass is 10.1. The highest BCUT2D eigenvalue weighted by Gasteiger charge is 2.15. The van der Waals surface area contributed by atoms with Crippen LogP contribution >= 0.6 is 25.0 Å². The second-order valence-electron chi connectivity index (χ2n) is 3.55. The summed E-state index contributed by atoms with van der Waals surface area (Å²) in [4.78, 5) is 2.44. The van der Waals surface area contributed by atoms with E-state index >= 15 is 0 Å². The van der Waals surface area contributed by atoms with Gasteiger partial charge in [-0.2, -0.15) is 12.6 Å². The highest BCUT2D eigenvalue weighted by Crippen LogP contribution is 2.21. The van der Waals surface area contributed by atoms with Crippen molar-refractivity contribution < 1.29 is 0 Å². The molecule has 0 saturated carbocycles. The molecule has 0 aliphatic carbocycles. The summed E-state index contributed by atoms with van der Waals surface area (Å²) < 4.78 is 0. The van der Waals surface area contributed by atoms with Crippen LogP contribution < -0.4 is 4.90 Å². The van der Waals surface area contributed by atoms with Gasteiger partial charge in [-0.1, -0.05) is 18.2 Å². The molecule has 0 atom stereocenters. The maximum absolute atomic E-state index is 4.49. The zero-order chi connectivity index (χ0) is 9.10. The summed E-state index contributed by atoms with van der Waals surface area (Å²) in [6.07, 6.45) is 2.41. The van der Waals surface area contributed by atoms with Crippen LogP contribution in [0.3, 0.4) is 0 Å². The van der Waals surface area contributed by atoms with Gasteiger partial charge in [0.2, 0.25) is 0 Å². The third-order valence-corrected chi connectivity index (χ3v) is 3.10. The fourth-order valence-corrected chi connectivity index (χ4v) is 1.99. The number of rotatable bonds is 1. The maximum atomic E-state index is 4.49. The number of anilines is 1. The molecular formula is C11H16ClNS. The molecule has 0 N–H and O–H groups in total. The first-order valence-electron chi connectivity index (χ1n) is 4.84. The Morgan fingerprint density at radius 1 is 1.07 bits per heavy atom. The van der Waals surface area contributed by atoms with E-state index in [1.807, 2.05) is 0 Å². The Kier molecular flexibility index (Phi) is 4.63. The minimum absolute atomic E-state index is 0. The highest BCUT2D eigenvalue weighted by molar-refractivity contribution is 7.80. The number of halogens is 1. The summed E-state index contributed by atoms with van der Waals surface area (Å²) >= 11 is 4.49. The van der Waals surface area contributed by atoms with E-state index in [-0.39, 0.29) is 12.4 Å². The van der Waals surface area contributed by atoms with Gasteiger partial charge in [-0.05, 0) is 25.0 Å². The third-order valence-electron chi connectivity index (χ3n) is 2.59. The Labute approximate surface area is 97.3 Å². The van der Waals surface area contributed by atoms with E-state index in [4.69, 9.17) is 0 Å². The van der Waals surface area contributed by atoms with Crippen molar-refractivity contribution in [2.24, 2.45) is 0 Å². The van der Waals surface area contributed by atoms with Crippen molar-refractivity contribution in [2.75, 3.05) is 18.0 Å². The van der Waals surface area contributed by atoms with Gasteiger partial charge in [0.05, 0.1) is 0 Å². The van der Waals surface area contributed by atoms with E-state index in [0.717, 1.165) is 13.1 Å². The molecule has 2 rings (SSSR count). The van der Waals surface area contributed by atoms with Crippen molar-refractivity contribution in [3.05, 3.63) is 30.3 Å². The normalized spacial score (nSPS) is 17.6. The van der Waals surface area contributed by atoms with Crippen molar-refractivity contribution in [3.8, 4) is 0 Å². The molecule has 1 aliphatic heterocycles. The number of hydrogen-bond donors (Lipinski definition) is 1. The topological polar surface area (TPSA) is 3.24 Å². The smallest absolute Gasteiger partial charge is 0.0366 e. The summed E-state index contributed by atoms with van der Waals surface area (Å²) in [6.45, 7) is 2.30. The van der Waals surface area contributed by atoms with Gasteiger partial charge in [0, 0.05) is 24.0 Å². The Morgan fingerprint density at radius 2 is 1.64 bits per heavy atom. The Hall–Kier alpha value is -0.340. The molecule has 1 nitrogen and oxygen atoms in total. The molecule has 0 bridgehead atoms. The van der Waals surface area contributed by atoms with Gasteiger partial charge in [-0.25, -0.2) is 0 Å². The van der Waals surface area contributed by atoms with E-state index < -0.39 is 0 Å². The van der Waals surface area contributed by atoms with E-state index in [0.29, 0.717) is 5.25 Å². The summed E-state index contributed by atoms with van der Waals surface area (Å²) in [6, 6.07) is 10.6.